The first kappa shape index (κ1) is 20.7. The zero-order valence-electron chi connectivity index (χ0n) is 15.5. The van der Waals surface area contributed by atoms with E-state index in [0.717, 1.165) is 0 Å². The van der Waals surface area contributed by atoms with Crippen LogP contribution in [0.25, 0.3) is 11.3 Å². The Kier molecular flexibility index (Phi) is 6.41. The number of anilines is 1. The second-order valence-electron chi connectivity index (χ2n) is 5.74. The lowest BCUT2D eigenvalue weighted by Crippen LogP contribution is -2.14. The molecule has 29 heavy (non-hydrogen) atoms. The fourth-order valence-corrected chi connectivity index (χ4v) is 3.18. The predicted octanol–water partition coefficient (Wildman–Crippen LogP) is 5.09. The van der Waals surface area contributed by atoms with Gasteiger partial charge < -0.3 is 14.0 Å². The minimum Gasteiger partial charge on any atom is -0.494 e. The van der Waals surface area contributed by atoms with Crippen molar-refractivity contribution in [2.75, 3.05) is 19.0 Å². The van der Waals surface area contributed by atoms with E-state index in [1.165, 1.54) is 7.11 Å². The normalized spacial score (nSPS) is 10.5. The van der Waals surface area contributed by atoms with Gasteiger partial charge in [-0.2, -0.15) is 0 Å². The quantitative estimate of drug-likeness (QED) is 0.543. The molecule has 3 aromatic rings. The van der Waals surface area contributed by atoms with Gasteiger partial charge in [0.05, 0.1) is 23.8 Å². The highest BCUT2D eigenvalue weighted by atomic mass is 35.5. The average Bonchev–Trinajstić information content (AvgIpc) is 3.11. The molecule has 0 saturated heterocycles. The van der Waals surface area contributed by atoms with E-state index in [0.29, 0.717) is 23.5 Å². The highest BCUT2D eigenvalue weighted by Crippen LogP contribution is 2.38. The smallest absolute Gasteiger partial charge is 0.345 e. The molecule has 150 valence electrons. The Labute approximate surface area is 176 Å². The molecule has 0 radical (unpaired) electrons. The lowest BCUT2D eigenvalue weighted by atomic mass is 10.1. The van der Waals surface area contributed by atoms with E-state index in [-0.39, 0.29) is 27.2 Å². The Balaban J connectivity index is 1.97. The SMILES string of the molecule is CCOc1ccc(C(=O)Nc2onc(-c3c(Cl)cccc3Cl)c2C(=O)OC)cc1. The summed E-state index contributed by atoms with van der Waals surface area (Å²) in [7, 11) is 1.20. The molecule has 1 heterocycles. The maximum atomic E-state index is 12.6. The number of hydrogen-bond donors (Lipinski definition) is 1. The zero-order valence-corrected chi connectivity index (χ0v) is 17.0. The first-order valence-corrected chi connectivity index (χ1v) is 9.28. The average molecular weight is 435 g/mol. The van der Waals surface area contributed by atoms with Gasteiger partial charge in [0.2, 0.25) is 5.88 Å². The van der Waals surface area contributed by atoms with Crippen molar-refractivity contribution in [1.82, 2.24) is 5.16 Å². The van der Waals surface area contributed by atoms with Crippen LogP contribution in [-0.4, -0.2) is 30.7 Å². The van der Waals surface area contributed by atoms with Crippen molar-refractivity contribution in [1.29, 1.82) is 0 Å². The highest BCUT2D eigenvalue weighted by Gasteiger charge is 2.28. The van der Waals surface area contributed by atoms with Gasteiger partial charge in [-0.1, -0.05) is 34.4 Å². The first-order valence-electron chi connectivity index (χ1n) is 8.52. The van der Waals surface area contributed by atoms with Gasteiger partial charge in [0.25, 0.3) is 5.91 Å². The van der Waals surface area contributed by atoms with Crippen molar-refractivity contribution in [3.8, 4) is 17.0 Å². The number of carbonyl (C=O) groups is 2. The third-order valence-corrected chi connectivity index (χ3v) is 4.57. The van der Waals surface area contributed by atoms with E-state index < -0.39 is 11.9 Å². The number of hydrogen-bond acceptors (Lipinski definition) is 6. The van der Waals surface area contributed by atoms with Crippen LogP contribution in [0.2, 0.25) is 10.0 Å². The summed E-state index contributed by atoms with van der Waals surface area (Å²) in [5, 5.41) is 6.94. The maximum absolute atomic E-state index is 12.6. The molecule has 0 bridgehead atoms. The summed E-state index contributed by atoms with van der Waals surface area (Å²) < 4.78 is 15.4. The summed E-state index contributed by atoms with van der Waals surface area (Å²) in [4.78, 5) is 25.0. The highest BCUT2D eigenvalue weighted by molar-refractivity contribution is 6.39. The minimum atomic E-state index is -0.765. The van der Waals surface area contributed by atoms with Gasteiger partial charge in [-0.15, -0.1) is 0 Å². The molecule has 0 unspecified atom stereocenters. The summed E-state index contributed by atoms with van der Waals surface area (Å²) in [6, 6.07) is 11.3. The summed E-state index contributed by atoms with van der Waals surface area (Å²) in [6.45, 7) is 2.38. The van der Waals surface area contributed by atoms with E-state index in [9.17, 15) is 9.59 Å². The number of amides is 1. The van der Waals surface area contributed by atoms with Crippen LogP contribution in [0.15, 0.2) is 47.0 Å². The van der Waals surface area contributed by atoms with Crippen LogP contribution in [0.5, 0.6) is 5.75 Å². The van der Waals surface area contributed by atoms with E-state index >= 15 is 0 Å². The minimum absolute atomic E-state index is 0.0643. The van der Waals surface area contributed by atoms with Gasteiger partial charge in [-0.25, -0.2) is 4.79 Å². The van der Waals surface area contributed by atoms with Gasteiger partial charge in [-0.05, 0) is 43.3 Å². The Morgan fingerprint density at radius 1 is 1.10 bits per heavy atom. The van der Waals surface area contributed by atoms with Gasteiger partial charge >= 0.3 is 5.97 Å². The van der Waals surface area contributed by atoms with Gasteiger partial charge in [0.1, 0.15) is 11.4 Å². The second-order valence-corrected chi connectivity index (χ2v) is 6.55. The molecule has 0 saturated carbocycles. The molecular weight excluding hydrogens is 419 g/mol. The van der Waals surface area contributed by atoms with Crippen molar-refractivity contribution in [3.05, 3.63) is 63.6 Å². The molecular formula is C20H16Cl2N2O5. The lowest BCUT2D eigenvalue weighted by molar-refractivity contribution is 0.0602. The maximum Gasteiger partial charge on any atom is 0.345 e. The molecule has 1 aromatic heterocycles. The number of benzene rings is 2. The van der Waals surface area contributed by atoms with Crippen molar-refractivity contribution >= 4 is 41.0 Å². The molecule has 0 aliphatic rings. The zero-order chi connectivity index (χ0) is 21.0. The van der Waals surface area contributed by atoms with Crippen molar-refractivity contribution in [2.24, 2.45) is 0 Å². The van der Waals surface area contributed by atoms with Crippen LogP contribution in [-0.2, 0) is 4.74 Å². The summed E-state index contributed by atoms with van der Waals surface area (Å²) in [5.41, 5.74) is 0.593. The number of methoxy groups -OCH3 is 1. The number of ether oxygens (including phenoxy) is 2. The molecule has 0 atom stereocenters. The van der Waals surface area contributed by atoms with Crippen molar-refractivity contribution in [2.45, 2.75) is 6.92 Å². The molecule has 0 spiro atoms. The third-order valence-electron chi connectivity index (χ3n) is 3.94. The number of nitrogens with zero attached hydrogens (tertiary/aromatic N) is 1. The largest absolute Gasteiger partial charge is 0.494 e. The van der Waals surface area contributed by atoms with E-state index in [4.69, 9.17) is 37.2 Å². The number of aromatic nitrogens is 1. The fraction of sp³-hybridized carbons (Fsp3) is 0.150. The second kappa shape index (κ2) is 8.98. The molecule has 7 nitrogen and oxygen atoms in total. The van der Waals surface area contributed by atoms with Gasteiger partial charge in [0.15, 0.2) is 5.56 Å². The van der Waals surface area contributed by atoms with Crippen LogP contribution >= 0.6 is 23.2 Å². The van der Waals surface area contributed by atoms with Crippen molar-refractivity contribution < 1.29 is 23.6 Å². The third kappa shape index (κ3) is 4.36. The fourth-order valence-electron chi connectivity index (χ4n) is 2.61. The Bertz CT molecular complexity index is 1030. The summed E-state index contributed by atoms with van der Waals surface area (Å²) >= 11 is 12.4. The van der Waals surface area contributed by atoms with E-state index in [2.05, 4.69) is 10.5 Å². The lowest BCUT2D eigenvalue weighted by Gasteiger charge is -2.07. The van der Waals surface area contributed by atoms with Crippen LogP contribution in [0.4, 0.5) is 5.88 Å². The number of halogens is 2. The Morgan fingerprint density at radius 3 is 2.34 bits per heavy atom. The van der Waals surface area contributed by atoms with E-state index in [1.807, 2.05) is 6.92 Å². The molecule has 2 aromatic carbocycles. The molecule has 1 N–H and O–H groups in total. The molecule has 0 aliphatic heterocycles. The van der Waals surface area contributed by atoms with Crippen LogP contribution in [0.3, 0.4) is 0 Å². The Hall–Kier alpha value is -3.03. The number of esters is 1. The Morgan fingerprint density at radius 2 is 1.76 bits per heavy atom. The number of nitrogens with one attached hydrogen (secondary N) is 1. The van der Waals surface area contributed by atoms with Gasteiger partial charge in [-0.3, -0.25) is 10.1 Å². The van der Waals surface area contributed by atoms with Gasteiger partial charge in [0, 0.05) is 11.1 Å². The molecule has 9 heteroatoms. The van der Waals surface area contributed by atoms with E-state index in [1.54, 1.807) is 42.5 Å². The molecule has 0 fully saturated rings. The molecule has 0 aliphatic carbocycles. The van der Waals surface area contributed by atoms with Crippen LogP contribution < -0.4 is 10.1 Å². The predicted molar refractivity (Wildman–Crippen MR) is 109 cm³/mol. The summed E-state index contributed by atoms with van der Waals surface area (Å²) in [5.74, 6) is -0.818. The number of carbonyl (C=O) groups excluding carboxylic acids is 2. The summed E-state index contributed by atoms with van der Waals surface area (Å²) in [6.07, 6.45) is 0. The topological polar surface area (TPSA) is 90.7 Å². The van der Waals surface area contributed by atoms with Crippen LogP contribution in [0, 0.1) is 0 Å². The van der Waals surface area contributed by atoms with Crippen LogP contribution in [0.1, 0.15) is 27.6 Å². The monoisotopic (exact) mass is 434 g/mol. The number of rotatable bonds is 6. The molecule has 1 amide bonds. The first-order chi connectivity index (χ1) is 14.0. The standard InChI is InChI=1S/C20H16Cl2N2O5/c1-3-28-12-9-7-11(8-10-12)18(25)23-19-16(20(26)27-2)17(24-29-19)15-13(21)5-4-6-14(15)22/h4-10H,3H2,1-2H3,(H,23,25). The van der Waals surface area contributed by atoms with Crippen molar-refractivity contribution in [3.63, 3.8) is 0 Å². The molecule has 3 rings (SSSR count).